The summed E-state index contributed by atoms with van der Waals surface area (Å²) in [4.78, 5) is 29.8. The molecule has 1 fully saturated rings. The van der Waals surface area contributed by atoms with Gasteiger partial charge in [0.15, 0.2) is 0 Å². The molecule has 1 aromatic carbocycles. The number of piperidine rings is 1. The SMILES string of the molecule is NC(=O)C1CCCN(C(=O)Nc2ccccc2OCc2ccccn2)C1. The Kier molecular flexibility index (Phi) is 5.68. The molecule has 7 heteroatoms. The smallest absolute Gasteiger partial charge is 0.321 e. The Balaban J connectivity index is 1.64. The molecular formula is C19H22N4O3. The van der Waals surface area contributed by atoms with Crippen LogP contribution in [0, 0.1) is 5.92 Å². The molecule has 1 aromatic heterocycles. The predicted octanol–water partition coefficient (Wildman–Crippen LogP) is 2.39. The van der Waals surface area contributed by atoms with Crippen molar-refractivity contribution in [2.24, 2.45) is 11.7 Å². The van der Waals surface area contributed by atoms with Crippen molar-refractivity contribution in [3.8, 4) is 5.75 Å². The average molecular weight is 354 g/mol. The van der Waals surface area contributed by atoms with Crippen molar-refractivity contribution < 1.29 is 14.3 Å². The highest BCUT2D eigenvalue weighted by Crippen LogP contribution is 2.26. The van der Waals surface area contributed by atoms with Gasteiger partial charge in [0.25, 0.3) is 0 Å². The number of para-hydroxylation sites is 2. The molecule has 2 aromatic rings. The van der Waals surface area contributed by atoms with Gasteiger partial charge in [-0.15, -0.1) is 0 Å². The molecular weight excluding hydrogens is 332 g/mol. The average Bonchev–Trinajstić information content (AvgIpc) is 2.68. The minimum absolute atomic E-state index is 0.259. The summed E-state index contributed by atoms with van der Waals surface area (Å²) in [6.45, 7) is 1.26. The van der Waals surface area contributed by atoms with Crippen molar-refractivity contribution in [1.82, 2.24) is 9.88 Å². The number of pyridine rings is 1. The van der Waals surface area contributed by atoms with Gasteiger partial charge in [0.1, 0.15) is 12.4 Å². The molecule has 0 aliphatic carbocycles. The second kappa shape index (κ2) is 8.33. The number of primary amides is 1. The van der Waals surface area contributed by atoms with Gasteiger partial charge in [-0.05, 0) is 37.1 Å². The zero-order valence-corrected chi connectivity index (χ0v) is 14.4. The van der Waals surface area contributed by atoms with Crippen LogP contribution in [-0.2, 0) is 11.4 Å². The zero-order valence-electron chi connectivity index (χ0n) is 14.4. The predicted molar refractivity (Wildman–Crippen MR) is 97.5 cm³/mol. The summed E-state index contributed by atoms with van der Waals surface area (Å²) < 4.78 is 5.80. The third-order valence-corrected chi connectivity index (χ3v) is 4.34. The monoisotopic (exact) mass is 354 g/mol. The Morgan fingerprint density at radius 3 is 2.81 bits per heavy atom. The maximum atomic E-state index is 12.6. The number of benzene rings is 1. The van der Waals surface area contributed by atoms with Crippen LogP contribution in [0.25, 0.3) is 0 Å². The second-order valence-electron chi connectivity index (χ2n) is 6.22. The van der Waals surface area contributed by atoms with Crippen LogP contribution in [-0.4, -0.2) is 34.9 Å². The van der Waals surface area contributed by atoms with Crippen molar-refractivity contribution in [2.75, 3.05) is 18.4 Å². The number of anilines is 1. The van der Waals surface area contributed by atoms with Gasteiger partial charge in [0.05, 0.1) is 17.3 Å². The molecule has 3 amide bonds. The van der Waals surface area contributed by atoms with Crippen LogP contribution < -0.4 is 15.8 Å². The number of nitrogens with two attached hydrogens (primary N) is 1. The molecule has 3 N–H and O–H groups in total. The summed E-state index contributed by atoms with van der Waals surface area (Å²) in [5.74, 6) is -0.0818. The van der Waals surface area contributed by atoms with Gasteiger partial charge in [0.2, 0.25) is 5.91 Å². The molecule has 1 aliphatic rings. The zero-order chi connectivity index (χ0) is 18.4. The molecule has 1 aliphatic heterocycles. The number of carbonyl (C=O) groups excluding carboxylic acids is 2. The number of aromatic nitrogens is 1. The Bertz CT molecular complexity index is 766. The van der Waals surface area contributed by atoms with Crippen LogP contribution >= 0.6 is 0 Å². The standard InChI is InChI=1S/C19H22N4O3/c20-18(24)14-6-5-11-23(12-14)19(25)22-16-8-1-2-9-17(16)26-13-15-7-3-4-10-21-15/h1-4,7-10,14H,5-6,11-13H2,(H2,20,24)(H,22,25). The fourth-order valence-electron chi connectivity index (χ4n) is 2.92. The molecule has 7 nitrogen and oxygen atoms in total. The highest BCUT2D eigenvalue weighted by molar-refractivity contribution is 5.91. The van der Waals surface area contributed by atoms with E-state index in [1.54, 1.807) is 23.2 Å². The van der Waals surface area contributed by atoms with E-state index < -0.39 is 0 Å². The van der Waals surface area contributed by atoms with E-state index in [-0.39, 0.29) is 17.9 Å². The number of carbonyl (C=O) groups is 2. The molecule has 0 saturated carbocycles. The number of nitrogens with zero attached hydrogens (tertiary/aromatic N) is 2. The number of hydrogen-bond donors (Lipinski definition) is 2. The number of rotatable bonds is 5. The molecule has 26 heavy (non-hydrogen) atoms. The summed E-state index contributed by atoms with van der Waals surface area (Å²) in [6.07, 6.45) is 3.19. The fourth-order valence-corrected chi connectivity index (χ4v) is 2.92. The Labute approximate surface area is 152 Å². The van der Waals surface area contributed by atoms with Crippen molar-refractivity contribution in [1.29, 1.82) is 0 Å². The highest BCUT2D eigenvalue weighted by atomic mass is 16.5. The van der Waals surface area contributed by atoms with Crippen molar-refractivity contribution in [3.63, 3.8) is 0 Å². The lowest BCUT2D eigenvalue weighted by Gasteiger charge is -2.31. The van der Waals surface area contributed by atoms with E-state index in [1.165, 1.54) is 0 Å². The minimum atomic E-state index is -0.360. The van der Waals surface area contributed by atoms with Crippen molar-refractivity contribution in [3.05, 3.63) is 54.4 Å². The maximum absolute atomic E-state index is 12.6. The molecule has 1 atom stereocenters. The number of hydrogen-bond acceptors (Lipinski definition) is 4. The first-order valence-corrected chi connectivity index (χ1v) is 8.60. The van der Waals surface area contributed by atoms with Gasteiger partial charge in [-0.3, -0.25) is 9.78 Å². The molecule has 2 heterocycles. The molecule has 136 valence electrons. The lowest BCUT2D eigenvalue weighted by Crippen LogP contribution is -2.45. The second-order valence-corrected chi connectivity index (χ2v) is 6.22. The van der Waals surface area contributed by atoms with Crippen LogP contribution in [0.3, 0.4) is 0 Å². The largest absolute Gasteiger partial charge is 0.485 e. The topological polar surface area (TPSA) is 97.6 Å². The van der Waals surface area contributed by atoms with E-state index >= 15 is 0 Å². The number of likely N-dealkylation sites (tertiary alicyclic amines) is 1. The number of amides is 3. The van der Waals surface area contributed by atoms with Gasteiger partial charge in [-0.25, -0.2) is 4.79 Å². The quantitative estimate of drug-likeness (QED) is 0.861. The van der Waals surface area contributed by atoms with Crippen molar-refractivity contribution >= 4 is 17.6 Å². The normalized spacial score (nSPS) is 16.8. The van der Waals surface area contributed by atoms with Gasteiger partial charge >= 0.3 is 6.03 Å². The highest BCUT2D eigenvalue weighted by Gasteiger charge is 2.27. The van der Waals surface area contributed by atoms with Crippen LogP contribution in [0.1, 0.15) is 18.5 Å². The summed E-state index contributed by atoms with van der Waals surface area (Å²) in [6, 6.07) is 12.6. The number of ether oxygens (including phenoxy) is 1. The first-order valence-electron chi connectivity index (χ1n) is 8.60. The fraction of sp³-hybridized carbons (Fsp3) is 0.316. The Hall–Kier alpha value is -3.09. The summed E-state index contributed by atoms with van der Waals surface area (Å²) in [7, 11) is 0. The van der Waals surface area contributed by atoms with E-state index in [0.29, 0.717) is 31.1 Å². The first kappa shape index (κ1) is 17.7. The molecule has 3 rings (SSSR count). The van der Waals surface area contributed by atoms with E-state index in [9.17, 15) is 9.59 Å². The van der Waals surface area contributed by atoms with Gasteiger partial charge in [-0.2, -0.15) is 0 Å². The molecule has 0 spiro atoms. The Morgan fingerprint density at radius 2 is 2.04 bits per heavy atom. The summed E-state index contributed by atoms with van der Waals surface area (Å²) in [5, 5.41) is 2.87. The number of urea groups is 1. The first-order chi connectivity index (χ1) is 12.6. The lowest BCUT2D eigenvalue weighted by atomic mass is 9.98. The van der Waals surface area contributed by atoms with E-state index in [0.717, 1.165) is 18.5 Å². The van der Waals surface area contributed by atoms with Gasteiger partial charge < -0.3 is 20.7 Å². The molecule has 0 radical (unpaired) electrons. The van der Waals surface area contributed by atoms with Crippen LogP contribution in [0.2, 0.25) is 0 Å². The van der Waals surface area contributed by atoms with Crippen molar-refractivity contribution in [2.45, 2.75) is 19.4 Å². The van der Waals surface area contributed by atoms with E-state index in [1.807, 2.05) is 30.3 Å². The summed E-state index contributed by atoms with van der Waals surface area (Å²) >= 11 is 0. The van der Waals surface area contributed by atoms with Gasteiger partial charge in [0, 0.05) is 19.3 Å². The molecule has 1 saturated heterocycles. The lowest BCUT2D eigenvalue weighted by molar-refractivity contribution is -0.123. The van der Waals surface area contributed by atoms with E-state index in [2.05, 4.69) is 10.3 Å². The Morgan fingerprint density at radius 1 is 1.23 bits per heavy atom. The van der Waals surface area contributed by atoms with Crippen LogP contribution in [0.5, 0.6) is 5.75 Å². The van der Waals surface area contributed by atoms with Gasteiger partial charge in [-0.1, -0.05) is 18.2 Å². The third kappa shape index (κ3) is 4.50. The number of nitrogens with one attached hydrogen (secondary N) is 1. The minimum Gasteiger partial charge on any atom is -0.485 e. The molecule has 1 unspecified atom stereocenters. The van der Waals surface area contributed by atoms with Crippen LogP contribution in [0.4, 0.5) is 10.5 Å². The summed E-state index contributed by atoms with van der Waals surface area (Å²) in [5.41, 5.74) is 6.76. The van der Waals surface area contributed by atoms with E-state index in [4.69, 9.17) is 10.5 Å². The van der Waals surface area contributed by atoms with Crippen LogP contribution in [0.15, 0.2) is 48.7 Å². The maximum Gasteiger partial charge on any atom is 0.321 e. The molecule has 0 bridgehead atoms. The third-order valence-electron chi connectivity index (χ3n) is 4.34.